The molecule has 0 saturated carbocycles. The summed E-state index contributed by atoms with van der Waals surface area (Å²) in [5, 5.41) is 3.06. The highest BCUT2D eigenvalue weighted by molar-refractivity contribution is 5.79. The molecule has 0 aliphatic carbocycles. The van der Waals surface area contributed by atoms with E-state index < -0.39 is 0 Å². The van der Waals surface area contributed by atoms with E-state index in [2.05, 4.69) is 10.2 Å². The van der Waals surface area contributed by atoms with Gasteiger partial charge in [0.15, 0.2) is 0 Å². The molecule has 21 heavy (non-hydrogen) atoms. The van der Waals surface area contributed by atoms with Gasteiger partial charge in [0.1, 0.15) is 12.4 Å². The molecule has 4 heteroatoms. The van der Waals surface area contributed by atoms with E-state index in [1.807, 2.05) is 24.3 Å². The Kier molecular flexibility index (Phi) is 4.76. The van der Waals surface area contributed by atoms with E-state index in [-0.39, 0.29) is 11.8 Å². The second-order valence-corrected chi connectivity index (χ2v) is 6.01. The van der Waals surface area contributed by atoms with E-state index in [0.717, 1.165) is 37.2 Å². The number of rotatable bonds is 5. The smallest absolute Gasteiger partial charge is 0.226 e. The Morgan fingerprint density at radius 3 is 2.95 bits per heavy atom. The number of likely N-dealkylation sites (tertiary alicyclic amines) is 1. The van der Waals surface area contributed by atoms with Gasteiger partial charge in [-0.05, 0) is 56.9 Å². The zero-order valence-electron chi connectivity index (χ0n) is 12.5. The fraction of sp³-hybridized carbons (Fsp3) is 0.588. The Hall–Kier alpha value is -1.55. The molecule has 1 aromatic carbocycles. The van der Waals surface area contributed by atoms with Gasteiger partial charge in [0.2, 0.25) is 5.91 Å². The molecule has 0 aromatic heterocycles. The lowest BCUT2D eigenvalue weighted by Gasteiger charge is -2.24. The highest BCUT2D eigenvalue weighted by Crippen LogP contribution is 2.26. The fourth-order valence-electron chi connectivity index (χ4n) is 3.16. The number of carbonyl (C=O) groups excluding carboxylic acids is 1. The number of amides is 1. The van der Waals surface area contributed by atoms with Crippen LogP contribution in [0.2, 0.25) is 0 Å². The molecule has 1 unspecified atom stereocenters. The summed E-state index contributed by atoms with van der Waals surface area (Å²) in [6.45, 7) is 4.81. The number of ether oxygens (including phenoxy) is 1. The highest BCUT2D eigenvalue weighted by atomic mass is 16.5. The molecule has 0 radical (unpaired) electrons. The third-order valence-corrected chi connectivity index (χ3v) is 4.40. The van der Waals surface area contributed by atoms with Crippen LogP contribution >= 0.6 is 0 Å². The van der Waals surface area contributed by atoms with Crippen LogP contribution in [0.4, 0.5) is 0 Å². The number of carbonyl (C=O) groups is 1. The summed E-state index contributed by atoms with van der Waals surface area (Å²) in [5.41, 5.74) is 1.14. The van der Waals surface area contributed by atoms with Crippen LogP contribution < -0.4 is 10.1 Å². The van der Waals surface area contributed by atoms with E-state index in [9.17, 15) is 4.79 Å². The quantitative estimate of drug-likeness (QED) is 0.841. The lowest BCUT2D eigenvalue weighted by atomic mass is 9.96. The number of para-hydroxylation sites is 1. The van der Waals surface area contributed by atoms with E-state index in [1.165, 1.54) is 25.9 Å². The normalized spacial score (nSPS) is 21.6. The van der Waals surface area contributed by atoms with Crippen LogP contribution in [0, 0.1) is 5.92 Å². The standard InChI is InChI=1S/C17H24N2O2/c20-17(18-8-5-11-19-9-3-4-10-19)15-12-14-6-1-2-7-16(14)21-13-15/h1-2,6-7,15H,3-5,8-13H2,(H,18,20). The molecular formula is C17H24N2O2. The van der Waals surface area contributed by atoms with Crippen LogP contribution in [0.25, 0.3) is 0 Å². The summed E-state index contributed by atoms with van der Waals surface area (Å²) in [4.78, 5) is 14.7. The SMILES string of the molecule is O=C(NCCCN1CCCC1)C1COc2ccccc2C1. The van der Waals surface area contributed by atoms with Crippen LogP contribution in [0.3, 0.4) is 0 Å². The maximum atomic E-state index is 12.2. The van der Waals surface area contributed by atoms with Gasteiger partial charge in [0, 0.05) is 6.54 Å². The van der Waals surface area contributed by atoms with Gasteiger partial charge < -0.3 is 15.0 Å². The fourth-order valence-corrected chi connectivity index (χ4v) is 3.16. The zero-order valence-corrected chi connectivity index (χ0v) is 12.5. The summed E-state index contributed by atoms with van der Waals surface area (Å²) in [7, 11) is 0. The van der Waals surface area contributed by atoms with Crippen molar-refractivity contribution in [3.8, 4) is 5.75 Å². The minimum absolute atomic E-state index is 0.0494. The second-order valence-electron chi connectivity index (χ2n) is 6.01. The van der Waals surface area contributed by atoms with Crippen LogP contribution in [-0.2, 0) is 11.2 Å². The van der Waals surface area contributed by atoms with Gasteiger partial charge >= 0.3 is 0 Å². The third-order valence-electron chi connectivity index (χ3n) is 4.40. The maximum Gasteiger partial charge on any atom is 0.226 e. The molecule has 1 N–H and O–H groups in total. The summed E-state index contributed by atoms with van der Waals surface area (Å²) in [5.74, 6) is 1.01. The van der Waals surface area contributed by atoms with Gasteiger partial charge in [-0.25, -0.2) is 0 Å². The molecule has 2 aliphatic rings. The Morgan fingerprint density at radius 2 is 2.10 bits per heavy atom. The van der Waals surface area contributed by atoms with Crippen molar-refractivity contribution in [2.75, 3.05) is 32.8 Å². The van der Waals surface area contributed by atoms with Crippen LogP contribution in [-0.4, -0.2) is 43.6 Å². The van der Waals surface area contributed by atoms with Crippen molar-refractivity contribution in [3.05, 3.63) is 29.8 Å². The van der Waals surface area contributed by atoms with E-state index in [4.69, 9.17) is 4.74 Å². The first-order valence-corrected chi connectivity index (χ1v) is 8.04. The number of benzene rings is 1. The number of nitrogens with zero attached hydrogens (tertiary/aromatic N) is 1. The molecule has 1 amide bonds. The van der Waals surface area contributed by atoms with Crippen LogP contribution in [0.1, 0.15) is 24.8 Å². The molecule has 1 aromatic rings. The average Bonchev–Trinajstić information content (AvgIpc) is 3.04. The minimum atomic E-state index is -0.0494. The summed E-state index contributed by atoms with van der Waals surface area (Å²) >= 11 is 0. The Labute approximate surface area is 126 Å². The molecule has 114 valence electrons. The van der Waals surface area contributed by atoms with Gasteiger partial charge in [-0.2, -0.15) is 0 Å². The molecule has 1 fully saturated rings. The van der Waals surface area contributed by atoms with Crippen molar-refractivity contribution in [1.82, 2.24) is 10.2 Å². The van der Waals surface area contributed by atoms with E-state index in [0.29, 0.717) is 6.61 Å². The van der Waals surface area contributed by atoms with Gasteiger partial charge in [-0.3, -0.25) is 4.79 Å². The number of nitrogens with one attached hydrogen (secondary N) is 1. The Balaban J connectivity index is 1.40. The lowest BCUT2D eigenvalue weighted by Crippen LogP contribution is -2.38. The predicted octanol–water partition coefficient (Wildman–Crippen LogP) is 1.84. The van der Waals surface area contributed by atoms with Gasteiger partial charge in [0.25, 0.3) is 0 Å². The van der Waals surface area contributed by atoms with Gasteiger partial charge in [-0.15, -0.1) is 0 Å². The molecule has 1 atom stereocenters. The monoisotopic (exact) mass is 288 g/mol. The maximum absolute atomic E-state index is 12.2. The van der Waals surface area contributed by atoms with Gasteiger partial charge in [-0.1, -0.05) is 18.2 Å². The minimum Gasteiger partial charge on any atom is -0.492 e. The number of hydrogen-bond donors (Lipinski definition) is 1. The average molecular weight is 288 g/mol. The summed E-state index contributed by atoms with van der Waals surface area (Å²) in [6.07, 6.45) is 4.47. The van der Waals surface area contributed by atoms with E-state index in [1.54, 1.807) is 0 Å². The van der Waals surface area contributed by atoms with Crippen molar-refractivity contribution in [1.29, 1.82) is 0 Å². The number of fused-ring (bicyclic) bond motifs is 1. The Morgan fingerprint density at radius 1 is 1.29 bits per heavy atom. The van der Waals surface area contributed by atoms with Crippen molar-refractivity contribution in [3.63, 3.8) is 0 Å². The largest absolute Gasteiger partial charge is 0.492 e. The molecule has 0 spiro atoms. The molecule has 1 saturated heterocycles. The van der Waals surface area contributed by atoms with Crippen molar-refractivity contribution in [2.24, 2.45) is 5.92 Å². The first-order valence-electron chi connectivity index (χ1n) is 8.04. The number of hydrogen-bond acceptors (Lipinski definition) is 3. The Bertz CT molecular complexity index is 483. The van der Waals surface area contributed by atoms with E-state index >= 15 is 0 Å². The first-order chi connectivity index (χ1) is 10.3. The predicted molar refractivity (Wildman–Crippen MR) is 82.4 cm³/mol. The lowest BCUT2D eigenvalue weighted by molar-refractivity contribution is -0.126. The topological polar surface area (TPSA) is 41.6 Å². The summed E-state index contributed by atoms with van der Waals surface area (Å²) in [6, 6.07) is 7.98. The third kappa shape index (κ3) is 3.76. The second kappa shape index (κ2) is 6.94. The molecule has 2 aliphatic heterocycles. The molecule has 0 bridgehead atoms. The molecule has 2 heterocycles. The van der Waals surface area contributed by atoms with Crippen LogP contribution in [0.15, 0.2) is 24.3 Å². The molecule has 4 nitrogen and oxygen atoms in total. The zero-order chi connectivity index (χ0) is 14.5. The van der Waals surface area contributed by atoms with Crippen LogP contribution in [0.5, 0.6) is 5.75 Å². The van der Waals surface area contributed by atoms with Crippen molar-refractivity contribution in [2.45, 2.75) is 25.7 Å². The van der Waals surface area contributed by atoms with Gasteiger partial charge in [0.05, 0.1) is 5.92 Å². The molecular weight excluding hydrogens is 264 g/mol. The summed E-state index contributed by atoms with van der Waals surface area (Å²) < 4.78 is 5.68. The highest BCUT2D eigenvalue weighted by Gasteiger charge is 2.25. The van der Waals surface area contributed by atoms with Crippen molar-refractivity contribution < 1.29 is 9.53 Å². The first kappa shape index (κ1) is 14.4. The molecule has 3 rings (SSSR count). The van der Waals surface area contributed by atoms with Crippen molar-refractivity contribution >= 4 is 5.91 Å².